The van der Waals surface area contributed by atoms with Crippen LogP contribution in [0.2, 0.25) is 0 Å². The van der Waals surface area contributed by atoms with Crippen molar-refractivity contribution in [3.8, 4) is 0 Å². The predicted octanol–water partition coefficient (Wildman–Crippen LogP) is 1.33. The van der Waals surface area contributed by atoms with Crippen molar-refractivity contribution in [1.29, 1.82) is 0 Å². The van der Waals surface area contributed by atoms with Gasteiger partial charge in [-0.25, -0.2) is 0 Å². The second-order valence-electron chi connectivity index (χ2n) is 6.91. The third kappa shape index (κ3) is 5.24. The summed E-state index contributed by atoms with van der Waals surface area (Å²) >= 11 is 0. The molecule has 5 nitrogen and oxygen atoms in total. The first-order chi connectivity index (χ1) is 9.80. The fourth-order valence-electron chi connectivity index (χ4n) is 3.34. The molecule has 1 aliphatic rings. The van der Waals surface area contributed by atoms with Crippen molar-refractivity contribution >= 4 is 5.97 Å². The standard InChI is InChI=1S/C16H33N3O2/c1-13(2)17-16(15(20)21-6)9-8-14(12-16)19(5)11-7-10-18(3)4/h13-14,17H,7-12H2,1-6H3. The Bertz CT molecular complexity index is 333. The smallest absolute Gasteiger partial charge is 0.326 e. The molecule has 0 aromatic heterocycles. The Hall–Kier alpha value is -0.650. The molecule has 0 amide bonds. The van der Waals surface area contributed by atoms with Gasteiger partial charge in [0.05, 0.1) is 7.11 Å². The monoisotopic (exact) mass is 299 g/mol. The number of nitrogens with zero attached hydrogens (tertiary/aromatic N) is 2. The molecule has 124 valence electrons. The van der Waals surface area contributed by atoms with Gasteiger partial charge in [0.25, 0.3) is 0 Å². The summed E-state index contributed by atoms with van der Waals surface area (Å²) in [6.07, 6.45) is 3.91. The number of carbonyl (C=O) groups excluding carboxylic acids is 1. The zero-order chi connectivity index (χ0) is 16.0. The van der Waals surface area contributed by atoms with E-state index in [0.717, 1.165) is 38.8 Å². The fraction of sp³-hybridized carbons (Fsp3) is 0.938. The first-order valence-electron chi connectivity index (χ1n) is 8.02. The molecule has 21 heavy (non-hydrogen) atoms. The topological polar surface area (TPSA) is 44.8 Å². The van der Waals surface area contributed by atoms with E-state index in [9.17, 15) is 4.79 Å². The number of carbonyl (C=O) groups is 1. The summed E-state index contributed by atoms with van der Waals surface area (Å²) in [5, 5.41) is 3.46. The molecular formula is C16H33N3O2. The van der Waals surface area contributed by atoms with Gasteiger partial charge >= 0.3 is 5.97 Å². The van der Waals surface area contributed by atoms with Crippen molar-refractivity contribution in [3.63, 3.8) is 0 Å². The Kier molecular flexibility index (Phi) is 7.10. The number of hydrogen-bond donors (Lipinski definition) is 1. The minimum Gasteiger partial charge on any atom is -0.468 e. The SMILES string of the molecule is COC(=O)C1(NC(C)C)CCC(N(C)CCCN(C)C)C1. The molecule has 0 aromatic carbocycles. The number of esters is 1. The average Bonchev–Trinajstić information content (AvgIpc) is 2.81. The molecule has 2 atom stereocenters. The van der Waals surface area contributed by atoms with Gasteiger partial charge in [-0.3, -0.25) is 10.1 Å². The van der Waals surface area contributed by atoms with Crippen molar-refractivity contribution in [1.82, 2.24) is 15.1 Å². The van der Waals surface area contributed by atoms with E-state index in [1.165, 1.54) is 7.11 Å². The first kappa shape index (κ1) is 18.4. The lowest BCUT2D eigenvalue weighted by Crippen LogP contribution is -2.54. The molecule has 1 fully saturated rings. The maximum Gasteiger partial charge on any atom is 0.326 e. The maximum absolute atomic E-state index is 12.2. The Morgan fingerprint density at radius 3 is 2.52 bits per heavy atom. The van der Waals surface area contributed by atoms with E-state index >= 15 is 0 Å². The summed E-state index contributed by atoms with van der Waals surface area (Å²) in [5.41, 5.74) is -0.497. The maximum atomic E-state index is 12.2. The van der Waals surface area contributed by atoms with E-state index in [4.69, 9.17) is 4.74 Å². The molecule has 1 rings (SSSR count). The summed E-state index contributed by atoms with van der Waals surface area (Å²) in [6, 6.07) is 0.736. The molecule has 1 saturated carbocycles. The summed E-state index contributed by atoms with van der Waals surface area (Å²) in [5.74, 6) is -0.111. The zero-order valence-corrected chi connectivity index (χ0v) is 14.6. The highest BCUT2D eigenvalue weighted by Crippen LogP contribution is 2.34. The molecule has 0 bridgehead atoms. The lowest BCUT2D eigenvalue weighted by molar-refractivity contribution is -0.149. The lowest BCUT2D eigenvalue weighted by atomic mass is 9.96. The van der Waals surface area contributed by atoms with Crippen LogP contribution in [0.3, 0.4) is 0 Å². The molecule has 1 aliphatic carbocycles. The Morgan fingerprint density at radius 1 is 1.33 bits per heavy atom. The van der Waals surface area contributed by atoms with Gasteiger partial charge < -0.3 is 14.5 Å². The molecule has 0 spiro atoms. The third-order valence-electron chi connectivity index (χ3n) is 4.37. The van der Waals surface area contributed by atoms with Gasteiger partial charge in [-0.05, 0) is 73.8 Å². The fourth-order valence-corrected chi connectivity index (χ4v) is 3.34. The quantitative estimate of drug-likeness (QED) is 0.685. The van der Waals surface area contributed by atoms with Crippen molar-refractivity contribution in [2.75, 3.05) is 41.3 Å². The molecule has 0 aliphatic heterocycles. The van der Waals surface area contributed by atoms with Crippen molar-refractivity contribution in [2.24, 2.45) is 0 Å². The van der Waals surface area contributed by atoms with Gasteiger partial charge in [-0.2, -0.15) is 0 Å². The molecule has 0 saturated heterocycles. The van der Waals surface area contributed by atoms with E-state index in [-0.39, 0.29) is 12.0 Å². The van der Waals surface area contributed by atoms with Gasteiger partial charge in [0.2, 0.25) is 0 Å². The van der Waals surface area contributed by atoms with Crippen molar-refractivity contribution in [2.45, 2.75) is 57.2 Å². The summed E-state index contributed by atoms with van der Waals surface area (Å²) in [6.45, 7) is 6.34. The van der Waals surface area contributed by atoms with Crippen LogP contribution in [0.15, 0.2) is 0 Å². The second kappa shape index (κ2) is 8.11. The number of methoxy groups -OCH3 is 1. The van der Waals surface area contributed by atoms with Gasteiger partial charge in [-0.15, -0.1) is 0 Å². The predicted molar refractivity (Wildman–Crippen MR) is 86.5 cm³/mol. The Morgan fingerprint density at radius 2 is 2.00 bits per heavy atom. The van der Waals surface area contributed by atoms with Crippen LogP contribution >= 0.6 is 0 Å². The minimum atomic E-state index is -0.497. The van der Waals surface area contributed by atoms with Crippen LogP contribution in [0.5, 0.6) is 0 Å². The van der Waals surface area contributed by atoms with Crippen molar-refractivity contribution in [3.05, 3.63) is 0 Å². The van der Waals surface area contributed by atoms with Crippen LogP contribution in [0, 0.1) is 0 Å². The van der Waals surface area contributed by atoms with Crippen LogP contribution in [-0.4, -0.2) is 74.7 Å². The Balaban J connectivity index is 2.59. The van der Waals surface area contributed by atoms with Gasteiger partial charge in [-0.1, -0.05) is 0 Å². The summed E-state index contributed by atoms with van der Waals surface area (Å²) in [7, 11) is 7.86. The van der Waals surface area contributed by atoms with Gasteiger partial charge in [0.15, 0.2) is 0 Å². The molecule has 1 N–H and O–H groups in total. The third-order valence-corrected chi connectivity index (χ3v) is 4.37. The van der Waals surface area contributed by atoms with Crippen LogP contribution in [-0.2, 0) is 9.53 Å². The molecule has 0 radical (unpaired) electrons. The van der Waals surface area contributed by atoms with E-state index in [1.807, 2.05) is 0 Å². The first-order valence-corrected chi connectivity index (χ1v) is 8.02. The number of ether oxygens (including phenoxy) is 1. The van der Waals surface area contributed by atoms with E-state index < -0.39 is 5.54 Å². The highest BCUT2D eigenvalue weighted by atomic mass is 16.5. The minimum absolute atomic E-state index is 0.111. The average molecular weight is 299 g/mol. The summed E-state index contributed by atoms with van der Waals surface area (Å²) < 4.78 is 5.05. The number of hydrogen-bond acceptors (Lipinski definition) is 5. The van der Waals surface area contributed by atoms with Crippen LogP contribution in [0.1, 0.15) is 39.5 Å². The summed E-state index contributed by atoms with van der Waals surface area (Å²) in [4.78, 5) is 16.8. The Labute approximate surface area is 130 Å². The molecule has 5 heteroatoms. The highest BCUT2D eigenvalue weighted by Gasteiger charge is 2.47. The molecule has 2 unspecified atom stereocenters. The molecule has 0 heterocycles. The van der Waals surface area contributed by atoms with Gasteiger partial charge in [0, 0.05) is 12.1 Å². The van der Waals surface area contributed by atoms with E-state index in [0.29, 0.717) is 6.04 Å². The largest absolute Gasteiger partial charge is 0.468 e. The van der Waals surface area contributed by atoms with Crippen LogP contribution in [0.4, 0.5) is 0 Å². The normalized spacial score (nSPS) is 26.0. The van der Waals surface area contributed by atoms with E-state index in [2.05, 4.69) is 50.1 Å². The van der Waals surface area contributed by atoms with Crippen LogP contribution < -0.4 is 5.32 Å². The van der Waals surface area contributed by atoms with Crippen molar-refractivity contribution < 1.29 is 9.53 Å². The zero-order valence-electron chi connectivity index (χ0n) is 14.6. The highest BCUT2D eigenvalue weighted by molar-refractivity contribution is 5.81. The molecule has 0 aromatic rings. The second-order valence-corrected chi connectivity index (χ2v) is 6.91. The van der Waals surface area contributed by atoms with E-state index in [1.54, 1.807) is 0 Å². The van der Waals surface area contributed by atoms with Gasteiger partial charge in [0.1, 0.15) is 5.54 Å². The lowest BCUT2D eigenvalue weighted by Gasteiger charge is -2.31. The number of nitrogens with one attached hydrogen (secondary N) is 1. The number of rotatable bonds is 8. The van der Waals surface area contributed by atoms with Crippen LogP contribution in [0.25, 0.3) is 0 Å². The molecular weight excluding hydrogens is 266 g/mol.